The lowest BCUT2D eigenvalue weighted by Gasteiger charge is -2.38. The normalized spacial score (nSPS) is 15.4. The molecule has 0 spiro atoms. The van der Waals surface area contributed by atoms with Crippen LogP contribution in [0.3, 0.4) is 0 Å². The Kier molecular flexibility index (Phi) is 5.34. The van der Waals surface area contributed by atoms with Crippen molar-refractivity contribution < 1.29 is 8.83 Å². The number of fused-ring (bicyclic) bond motifs is 9. The predicted molar refractivity (Wildman–Crippen MR) is 206 cm³/mol. The van der Waals surface area contributed by atoms with E-state index in [1.165, 1.54) is 0 Å². The average molecular weight is 667 g/mol. The smallest absolute Gasteiger partial charge is 0.168 e. The van der Waals surface area contributed by atoms with Gasteiger partial charge < -0.3 is 13.4 Å². The molecule has 0 radical (unpaired) electrons. The van der Waals surface area contributed by atoms with Crippen LogP contribution in [0.15, 0.2) is 167 Å². The SMILES string of the molecule is c1ccc(C2(n3c4ccccc4c4ccccc43)c3nc(-c4ccc5c(c4)oc4ccccc45)nc(n3)-c3cccc4oc5cccc2c5c34)cc1. The van der Waals surface area contributed by atoms with Gasteiger partial charge in [0.15, 0.2) is 23.0 Å². The third-order valence-electron chi connectivity index (χ3n) is 10.9. The van der Waals surface area contributed by atoms with Crippen LogP contribution in [0.25, 0.3) is 88.5 Å². The third-order valence-corrected chi connectivity index (χ3v) is 10.9. The molecule has 1 unspecified atom stereocenters. The van der Waals surface area contributed by atoms with Crippen molar-refractivity contribution in [1.82, 2.24) is 19.5 Å². The fraction of sp³-hybridized carbons (Fsp3) is 0.0217. The Morgan fingerprint density at radius 2 is 1.06 bits per heavy atom. The molecule has 0 aliphatic carbocycles. The molecule has 11 aromatic rings. The second kappa shape index (κ2) is 10.0. The van der Waals surface area contributed by atoms with Crippen LogP contribution < -0.4 is 0 Å². The number of benzene rings is 7. The van der Waals surface area contributed by atoms with E-state index in [2.05, 4.69) is 132 Å². The van der Waals surface area contributed by atoms with E-state index in [9.17, 15) is 0 Å². The third kappa shape index (κ3) is 3.50. The Balaban J connectivity index is 1.30. The molecule has 7 aromatic carbocycles. The van der Waals surface area contributed by atoms with Gasteiger partial charge in [0, 0.05) is 49.0 Å². The highest BCUT2D eigenvalue weighted by molar-refractivity contribution is 6.15. The molecule has 0 fully saturated rings. The van der Waals surface area contributed by atoms with Crippen LogP contribution in [-0.2, 0) is 5.54 Å². The van der Waals surface area contributed by atoms with Crippen LogP contribution in [0.5, 0.6) is 0 Å². The van der Waals surface area contributed by atoms with Gasteiger partial charge in [-0.05, 0) is 48.0 Å². The Hall–Kier alpha value is -7.05. The van der Waals surface area contributed by atoms with Gasteiger partial charge in [0.05, 0.1) is 11.0 Å². The first-order chi connectivity index (χ1) is 25.8. The van der Waals surface area contributed by atoms with E-state index in [0.717, 1.165) is 87.9 Å². The molecule has 4 aromatic heterocycles. The molecule has 1 aliphatic rings. The molecule has 6 nitrogen and oxygen atoms in total. The van der Waals surface area contributed by atoms with Crippen molar-refractivity contribution in [3.8, 4) is 22.8 Å². The second-order valence-electron chi connectivity index (χ2n) is 13.5. The molecule has 12 rings (SSSR count). The highest BCUT2D eigenvalue weighted by Gasteiger charge is 2.46. The summed E-state index contributed by atoms with van der Waals surface area (Å²) in [7, 11) is 0. The molecule has 0 saturated heterocycles. The zero-order valence-electron chi connectivity index (χ0n) is 27.6. The number of hydrogen-bond acceptors (Lipinski definition) is 5. The van der Waals surface area contributed by atoms with Gasteiger partial charge in [-0.25, -0.2) is 15.0 Å². The number of rotatable bonds is 3. The number of hydrogen-bond donors (Lipinski definition) is 0. The molecule has 6 heteroatoms. The summed E-state index contributed by atoms with van der Waals surface area (Å²) < 4.78 is 15.5. The van der Waals surface area contributed by atoms with Crippen LogP contribution in [0.1, 0.15) is 17.0 Å². The molecule has 0 N–H and O–H groups in total. The van der Waals surface area contributed by atoms with Gasteiger partial charge in [0.2, 0.25) is 0 Å². The average Bonchev–Trinajstić information content (AvgIpc) is 3.88. The summed E-state index contributed by atoms with van der Waals surface area (Å²) in [5.74, 6) is 1.78. The monoisotopic (exact) mass is 666 g/mol. The zero-order valence-corrected chi connectivity index (χ0v) is 27.6. The molecule has 242 valence electrons. The summed E-state index contributed by atoms with van der Waals surface area (Å²) in [5, 5.41) is 6.47. The highest BCUT2D eigenvalue weighted by Crippen LogP contribution is 2.51. The van der Waals surface area contributed by atoms with E-state index in [-0.39, 0.29) is 0 Å². The number of para-hydroxylation sites is 3. The standard InChI is InChI=1S/C46H26N4O2/c1-2-12-28(13-3-1)46(50-35-19-7-4-14-29(35)30-15-5-8-20-36(30)50)34-18-11-23-39-42(34)41-33(17-10-22-38(41)52-39)44-47-43(48-45(46)49-44)27-24-25-32-31-16-6-9-21-37(31)51-40(32)26-27/h1-26H. The van der Waals surface area contributed by atoms with Gasteiger partial charge in [-0.15, -0.1) is 0 Å². The van der Waals surface area contributed by atoms with Crippen LogP contribution in [-0.4, -0.2) is 19.5 Å². The molecule has 0 saturated carbocycles. The lowest BCUT2D eigenvalue weighted by Crippen LogP contribution is -2.40. The van der Waals surface area contributed by atoms with Crippen molar-refractivity contribution in [1.29, 1.82) is 0 Å². The number of aromatic nitrogens is 4. The number of nitrogens with zero attached hydrogens (tertiary/aromatic N) is 4. The molecule has 5 heterocycles. The van der Waals surface area contributed by atoms with Crippen LogP contribution in [0, 0.1) is 0 Å². The largest absolute Gasteiger partial charge is 0.456 e. The van der Waals surface area contributed by atoms with Crippen molar-refractivity contribution in [3.63, 3.8) is 0 Å². The fourth-order valence-corrected chi connectivity index (χ4v) is 8.72. The summed E-state index contributed by atoms with van der Waals surface area (Å²) in [6.07, 6.45) is 0. The van der Waals surface area contributed by atoms with E-state index in [0.29, 0.717) is 17.5 Å². The summed E-state index contributed by atoms with van der Waals surface area (Å²) in [5.41, 5.74) is 8.14. The molecular weight excluding hydrogens is 641 g/mol. The Labute approximate surface area is 296 Å². The van der Waals surface area contributed by atoms with E-state index >= 15 is 0 Å². The lowest BCUT2D eigenvalue weighted by atomic mass is 9.78. The Morgan fingerprint density at radius 1 is 0.442 bits per heavy atom. The van der Waals surface area contributed by atoms with E-state index in [1.54, 1.807) is 0 Å². The first kappa shape index (κ1) is 27.7. The fourth-order valence-electron chi connectivity index (χ4n) is 8.72. The van der Waals surface area contributed by atoms with Crippen molar-refractivity contribution in [2.24, 2.45) is 0 Å². The predicted octanol–water partition coefficient (Wildman–Crippen LogP) is 11.3. The van der Waals surface area contributed by atoms with Crippen molar-refractivity contribution in [3.05, 3.63) is 175 Å². The van der Waals surface area contributed by atoms with E-state index < -0.39 is 5.54 Å². The van der Waals surface area contributed by atoms with Crippen molar-refractivity contribution >= 4 is 65.7 Å². The maximum atomic E-state index is 6.66. The minimum atomic E-state index is -1.05. The van der Waals surface area contributed by atoms with Gasteiger partial charge in [0.1, 0.15) is 22.3 Å². The summed E-state index contributed by atoms with van der Waals surface area (Å²) in [6, 6.07) is 54.8. The van der Waals surface area contributed by atoms with Crippen molar-refractivity contribution in [2.45, 2.75) is 5.54 Å². The number of furan rings is 2. The van der Waals surface area contributed by atoms with Crippen LogP contribution in [0.2, 0.25) is 0 Å². The lowest BCUT2D eigenvalue weighted by molar-refractivity contribution is 0.516. The van der Waals surface area contributed by atoms with E-state index in [1.807, 2.05) is 30.3 Å². The quantitative estimate of drug-likeness (QED) is 0.188. The van der Waals surface area contributed by atoms with Gasteiger partial charge in [0.25, 0.3) is 0 Å². The topological polar surface area (TPSA) is 69.9 Å². The van der Waals surface area contributed by atoms with E-state index in [4.69, 9.17) is 23.8 Å². The zero-order chi connectivity index (χ0) is 34.0. The first-order valence-corrected chi connectivity index (χ1v) is 17.4. The van der Waals surface area contributed by atoms with Gasteiger partial charge >= 0.3 is 0 Å². The minimum absolute atomic E-state index is 0.569. The maximum Gasteiger partial charge on any atom is 0.168 e. The molecular formula is C46H26N4O2. The van der Waals surface area contributed by atoms with Gasteiger partial charge in [-0.1, -0.05) is 115 Å². The molecule has 1 aliphatic heterocycles. The second-order valence-corrected chi connectivity index (χ2v) is 13.5. The summed E-state index contributed by atoms with van der Waals surface area (Å²) in [6.45, 7) is 0. The van der Waals surface area contributed by atoms with Gasteiger partial charge in [-0.3, -0.25) is 0 Å². The molecule has 2 bridgehead atoms. The minimum Gasteiger partial charge on any atom is -0.456 e. The summed E-state index contributed by atoms with van der Waals surface area (Å²) in [4.78, 5) is 16.3. The first-order valence-electron chi connectivity index (χ1n) is 17.4. The maximum absolute atomic E-state index is 6.66. The molecule has 0 amide bonds. The Morgan fingerprint density at radius 3 is 1.87 bits per heavy atom. The van der Waals surface area contributed by atoms with Crippen LogP contribution >= 0.6 is 0 Å². The highest BCUT2D eigenvalue weighted by atomic mass is 16.3. The Bertz CT molecular complexity index is 3210. The van der Waals surface area contributed by atoms with Gasteiger partial charge in [-0.2, -0.15) is 0 Å². The summed E-state index contributed by atoms with van der Waals surface area (Å²) >= 11 is 0. The molecule has 1 atom stereocenters. The molecule has 52 heavy (non-hydrogen) atoms. The van der Waals surface area contributed by atoms with Crippen LogP contribution in [0.4, 0.5) is 0 Å². The van der Waals surface area contributed by atoms with Crippen molar-refractivity contribution in [2.75, 3.05) is 0 Å².